The van der Waals surface area contributed by atoms with Crippen molar-refractivity contribution in [1.29, 1.82) is 0 Å². The van der Waals surface area contributed by atoms with E-state index in [1.54, 1.807) is 12.1 Å². The summed E-state index contributed by atoms with van der Waals surface area (Å²) >= 11 is 0. The Labute approximate surface area is 153 Å². The molecular formula is C22H23FN2O. The van der Waals surface area contributed by atoms with Crippen molar-refractivity contribution in [2.45, 2.75) is 39.7 Å². The Hall–Kier alpha value is -2.62. The second kappa shape index (κ2) is 5.97. The van der Waals surface area contributed by atoms with E-state index >= 15 is 0 Å². The molecule has 0 spiro atoms. The Morgan fingerprint density at radius 3 is 2.50 bits per heavy atom. The van der Waals surface area contributed by atoms with Crippen LogP contribution in [-0.4, -0.2) is 5.78 Å². The summed E-state index contributed by atoms with van der Waals surface area (Å²) in [4.78, 5) is 13.1. The van der Waals surface area contributed by atoms with Gasteiger partial charge < -0.3 is 10.6 Å². The summed E-state index contributed by atoms with van der Waals surface area (Å²) in [7, 11) is 0. The average Bonchev–Trinajstić information content (AvgIpc) is 2.70. The lowest BCUT2D eigenvalue weighted by Crippen LogP contribution is -2.31. The third kappa shape index (κ3) is 3.00. The smallest absolute Gasteiger partial charge is 0.163 e. The Balaban J connectivity index is 1.88. The van der Waals surface area contributed by atoms with E-state index in [1.165, 1.54) is 12.1 Å². The van der Waals surface area contributed by atoms with Gasteiger partial charge in [0.05, 0.1) is 17.4 Å². The van der Waals surface area contributed by atoms with E-state index in [2.05, 4.69) is 36.6 Å². The number of hydrogen-bond acceptors (Lipinski definition) is 3. The van der Waals surface area contributed by atoms with Crippen LogP contribution in [0, 0.1) is 18.2 Å². The lowest BCUT2D eigenvalue weighted by atomic mass is 9.73. The number of anilines is 2. The minimum absolute atomic E-state index is 0.0779. The number of rotatable bonds is 1. The van der Waals surface area contributed by atoms with Crippen LogP contribution < -0.4 is 10.6 Å². The second-order valence-electron chi connectivity index (χ2n) is 8.14. The van der Waals surface area contributed by atoms with Gasteiger partial charge in [-0.15, -0.1) is 0 Å². The SMILES string of the molecule is Cc1ccc2c(c1)N[C@@H](c1ccc(F)cc1)C1=C(CC(C)(C)CC1=O)N2. The Morgan fingerprint density at radius 2 is 1.77 bits per heavy atom. The van der Waals surface area contributed by atoms with Crippen molar-refractivity contribution >= 4 is 17.2 Å². The van der Waals surface area contributed by atoms with Crippen molar-refractivity contribution in [3.8, 4) is 0 Å². The number of carbonyl (C=O) groups is 1. The van der Waals surface area contributed by atoms with Crippen LogP contribution in [0.4, 0.5) is 15.8 Å². The summed E-state index contributed by atoms with van der Waals surface area (Å²) < 4.78 is 13.4. The molecule has 3 nitrogen and oxygen atoms in total. The molecule has 2 aromatic rings. The van der Waals surface area contributed by atoms with Gasteiger partial charge in [0.1, 0.15) is 5.82 Å². The maximum absolute atomic E-state index is 13.4. The molecule has 2 aliphatic rings. The molecule has 0 bridgehead atoms. The zero-order chi connectivity index (χ0) is 18.5. The van der Waals surface area contributed by atoms with Gasteiger partial charge in [-0.05, 0) is 54.2 Å². The molecule has 1 aliphatic heterocycles. The molecular weight excluding hydrogens is 327 g/mol. The Bertz CT molecular complexity index is 912. The second-order valence-corrected chi connectivity index (χ2v) is 8.14. The highest BCUT2D eigenvalue weighted by Gasteiger charge is 2.38. The van der Waals surface area contributed by atoms with Crippen molar-refractivity contribution in [3.63, 3.8) is 0 Å². The molecule has 4 heteroatoms. The fourth-order valence-electron chi connectivity index (χ4n) is 3.96. The molecule has 0 unspecified atom stereocenters. The number of halogens is 1. The highest BCUT2D eigenvalue weighted by molar-refractivity contribution is 6.01. The normalized spacial score (nSPS) is 21.2. The highest BCUT2D eigenvalue weighted by atomic mass is 19.1. The largest absolute Gasteiger partial charge is 0.372 e. The van der Waals surface area contributed by atoms with Crippen LogP contribution in [0.1, 0.15) is 43.9 Å². The van der Waals surface area contributed by atoms with Crippen LogP contribution in [0.25, 0.3) is 0 Å². The zero-order valence-electron chi connectivity index (χ0n) is 15.3. The third-order valence-corrected chi connectivity index (χ3v) is 5.17. The van der Waals surface area contributed by atoms with Crippen LogP contribution in [-0.2, 0) is 4.79 Å². The molecule has 0 saturated heterocycles. The first-order valence-corrected chi connectivity index (χ1v) is 8.98. The number of fused-ring (bicyclic) bond motifs is 1. The molecule has 4 rings (SSSR count). The van der Waals surface area contributed by atoms with E-state index in [-0.39, 0.29) is 23.1 Å². The first-order valence-electron chi connectivity index (χ1n) is 8.98. The van der Waals surface area contributed by atoms with E-state index in [0.717, 1.165) is 40.2 Å². The number of hydrogen-bond donors (Lipinski definition) is 2. The maximum atomic E-state index is 13.4. The first-order chi connectivity index (χ1) is 12.3. The fourth-order valence-corrected chi connectivity index (χ4v) is 3.96. The standard InChI is InChI=1S/C22H23FN2O/c1-13-4-9-16-17(10-13)25-21(14-5-7-15(23)8-6-14)20-18(24-16)11-22(2,3)12-19(20)26/h4-10,21,24-25H,11-12H2,1-3H3/t21-/m0/s1. The summed E-state index contributed by atoms with van der Waals surface area (Å²) in [6.45, 7) is 6.29. The monoisotopic (exact) mass is 350 g/mol. The third-order valence-electron chi connectivity index (χ3n) is 5.17. The predicted octanol–water partition coefficient (Wildman–Crippen LogP) is 5.36. The van der Waals surface area contributed by atoms with E-state index in [1.807, 2.05) is 13.0 Å². The number of benzene rings is 2. The molecule has 1 heterocycles. The topological polar surface area (TPSA) is 41.1 Å². The van der Waals surface area contributed by atoms with Gasteiger partial charge in [-0.25, -0.2) is 4.39 Å². The molecule has 134 valence electrons. The minimum Gasteiger partial charge on any atom is -0.372 e. The molecule has 1 atom stereocenters. The van der Waals surface area contributed by atoms with Gasteiger partial charge in [-0.1, -0.05) is 32.0 Å². The van der Waals surface area contributed by atoms with Gasteiger partial charge in [0.15, 0.2) is 5.78 Å². The van der Waals surface area contributed by atoms with Gasteiger partial charge in [-0.3, -0.25) is 4.79 Å². The van der Waals surface area contributed by atoms with Gasteiger partial charge in [0, 0.05) is 17.7 Å². The molecule has 0 fully saturated rings. The van der Waals surface area contributed by atoms with E-state index in [4.69, 9.17) is 0 Å². The summed E-state index contributed by atoms with van der Waals surface area (Å²) in [5.41, 5.74) is 5.62. The Kier molecular flexibility index (Phi) is 3.87. The molecule has 0 aromatic heterocycles. The van der Waals surface area contributed by atoms with Crippen molar-refractivity contribution in [2.75, 3.05) is 10.6 Å². The van der Waals surface area contributed by atoms with Gasteiger partial charge in [0.25, 0.3) is 0 Å². The highest BCUT2D eigenvalue weighted by Crippen LogP contribution is 2.45. The molecule has 0 radical (unpaired) electrons. The van der Waals surface area contributed by atoms with Gasteiger partial charge >= 0.3 is 0 Å². The quantitative estimate of drug-likeness (QED) is 0.728. The van der Waals surface area contributed by atoms with Crippen LogP contribution in [0.2, 0.25) is 0 Å². The summed E-state index contributed by atoms with van der Waals surface area (Å²) in [6, 6.07) is 12.3. The minimum atomic E-state index is -0.287. The fraction of sp³-hybridized carbons (Fsp3) is 0.318. The van der Waals surface area contributed by atoms with E-state index in [9.17, 15) is 9.18 Å². The molecule has 2 N–H and O–H groups in total. The van der Waals surface area contributed by atoms with Crippen LogP contribution in [0.5, 0.6) is 0 Å². The van der Waals surface area contributed by atoms with E-state index in [0.29, 0.717) is 6.42 Å². The lowest BCUT2D eigenvalue weighted by Gasteiger charge is -2.34. The number of aryl methyl sites for hydroxylation is 1. The maximum Gasteiger partial charge on any atom is 0.163 e. The molecule has 0 amide bonds. The van der Waals surface area contributed by atoms with Crippen molar-refractivity contribution in [3.05, 3.63) is 70.7 Å². The lowest BCUT2D eigenvalue weighted by molar-refractivity contribution is -0.118. The number of nitrogens with one attached hydrogen (secondary N) is 2. The van der Waals surface area contributed by atoms with Gasteiger partial charge in [-0.2, -0.15) is 0 Å². The average molecular weight is 350 g/mol. The van der Waals surface area contributed by atoms with Crippen molar-refractivity contribution in [2.24, 2.45) is 5.41 Å². The molecule has 1 aliphatic carbocycles. The van der Waals surface area contributed by atoms with Crippen molar-refractivity contribution < 1.29 is 9.18 Å². The molecule has 0 saturated carbocycles. The zero-order valence-corrected chi connectivity index (χ0v) is 15.3. The number of Topliss-reactive ketones (excluding diaryl/α,β-unsaturated/α-hetero) is 1. The molecule has 2 aromatic carbocycles. The van der Waals surface area contributed by atoms with E-state index < -0.39 is 0 Å². The van der Waals surface area contributed by atoms with Crippen LogP contribution in [0.3, 0.4) is 0 Å². The first kappa shape index (κ1) is 16.8. The number of carbonyl (C=O) groups excluding carboxylic acids is 1. The number of ketones is 1. The van der Waals surface area contributed by atoms with Crippen molar-refractivity contribution in [1.82, 2.24) is 0 Å². The Morgan fingerprint density at radius 1 is 1.04 bits per heavy atom. The molecule has 26 heavy (non-hydrogen) atoms. The summed E-state index contributed by atoms with van der Waals surface area (Å²) in [6.07, 6.45) is 1.32. The van der Waals surface area contributed by atoms with Gasteiger partial charge in [0.2, 0.25) is 0 Å². The number of allylic oxidation sites excluding steroid dienone is 1. The predicted molar refractivity (Wildman–Crippen MR) is 103 cm³/mol. The van der Waals surface area contributed by atoms with Crippen LogP contribution in [0.15, 0.2) is 53.7 Å². The summed E-state index contributed by atoms with van der Waals surface area (Å²) in [5, 5.41) is 7.04. The summed E-state index contributed by atoms with van der Waals surface area (Å²) in [5.74, 6) is -0.128. The van der Waals surface area contributed by atoms with Crippen LogP contribution >= 0.6 is 0 Å².